The Morgan fingerprint density at radius 1 is 1.25 bits per heavy atom. The Morgan fingerprint density at radius 2 is 2.05 bits per heavy atom. The van der Waals surface area contributed by atoms with E-state index in [9.17, 15) is 4.79 Å². The summed E-state index contributed by atoms with van der Waals surface area (Å²) in [5.41, 5.74) is 6.71. The summed E-state index contributed by atoms with van der Waals surface area (Å²) < 4.78 is 1.05. The zero-order chi connectivity index (χ0) is 14.1. The fourth-order valence-corrected chi connectivity index (χ4v) is 3.98. The van der Waals surface area contributed by atoms with Gasteiger partial charge in [-0.3, -0.25) is 4.79 Å². The van der Waals surface area contributed by atoms with Gasteiger partial charge in [0.05, 0.1) is 12.2 Å². The Morgan fingerprint density at radius 3 is 2.75 bits per heavy atom. The molecule has 0 bridgehead atoms. The van der Waals surface area contributed by atoms with Crippen molar-refractivity contribution in [3.63, 3.8) is 0 Å². The van der Waals surface area contributed by atoms with Crippen LogP contribution < -0.4 is 5.73 Å². The van der Waals surface area contributed by atoms with Gasteiger partial charge in [0.25, 0.3) is 5.91 Å². The molecule has 0 saturated heterocycles. The highest BCUT2D eigenvalue weighted by molar-refractivity contribution is 7.21. The molecule has 0 saturated carbocycles. The van der Waals surface area contributed by atoms with Crippen molar-refractivity contribution in [2.75, 3.05) is 12.8 Å². The highest BCUT2D eigenvalue weighted by Gasteiger charge is 2.19. The molecule has 0 aliphatic rings. The van der Waals surface area contributed by atoms with Crippen molar-refractivity contribution in [3.8, 4) is 0 Å². The van der Waals surface area contributed by atoms with Gasteiger partial charge in [0.1, 0.15) is 4.88 Å². The summed E-state index contributed by atoms with van der Waals surface area (Å²) in [6, 6.07) is 11.9. The predicted molar refractivity (Wildman–Crippen MR) is 86.4 cm³/mol. The predicted octanol–water partition coefficient (Wildman–Crippen LogP) is 3.82. The first kappa shape index (κ1) is 13.1. The van der Waals surface area contributed by atoms with Crippen LogP contribution in [0.2, 0.25) is 0 Å². The summed E-state index contributed by atoms with van der Waals surface area (Å²) in [5.74, 6) is -0.0166. The average Bonchev–Trinajstić information content (AvgIpc) is 3.07. The minimum absolute atomic E-state index is 0.0166. The Labute approximate surface area is 125 Å². The fourth-order valence-electron chi connectivity index (χ4n) is 2.11. The molecule has 0 fully saturated rings. The third-order valence-corrected chi connectivity index (χ3v) is 5.18. The number of carbonyl (C=O) groups is 1. The van der Waals surface area contributed by atoms with Crippen molar-refractivity contribution in [1.29, 1.82) is 0 Å². The van der Waals surface area contributed by atoms with Crippen LogP contribution in [-0.2, 0) is 6.54 Å². The summed E-state index contributed by atoms with van der Waals surface area (Å²) in [6.45, 7) is 0.615. The number of rotatable bonds is 3. The van der Waals surface area contributed by atoms with Crippen molar-refractivity contribution < 1.29 is 4.79 Å². The van der Waals surface area contributed by atoms with Crippen molar-refractivity contribution in [2.24, 2.45) is 0 Å². The molecule has 20 heavy (non-hydrogen) atoms. The van der Waals surface area contributed by atoms with E-state index in [1.165, 1.54) is 16.2 Å². The van der Waals surface area contributed by atoms with Crippen LogP contribution in [0, 0.1) is 0 Å². The second kappa shape index (κ2) is 5.26. The summed E-state index contributed by atoms with van der Waals surface area (Å²) in [7, 11) is 1.81. The van der Waals surface area contributed by atoms with Gasteiger partial charge in [-0.05, 0) is 17.5 Å². The van der Waals surface area contributed by atoms with Crippen molar-refractivity contribution >= 4 is 44.4 Å². The Balaban J connectivity index is 1.90. The first-order valence-corrected chi connectivity index (χ1v) is 7.91. The first-order valence-electron chi connectivity index (χ1n) is 6.21. The van der Waals surface area contributed by atoms with Gasteiger partial charge in [0.2, 0.25) is 0 Å². The lowest BCUT2D eigenvalue weighted by molar-refractivity contribution is 0.0792. The molecule has 5 heteroatoms. The summed E-state index contributed by atoms with van der Waals surface area (Å²) in [6.07, 6.45) is 0. The van der Waals surface area contributed by atoms with Gasteiger partial charge in [0, 0.05) is 22.0 Å². The maximum Gasteiger partial charge on any atom is 0.266 e. The Hall–Kier alpha value is -1.85. The van der Waals surface area contributed by atoms with Crippen molar-refractivity contribution in [2.45, 2.75) is 6.54 Å². The SMILES string of the molecule is CN(Cc1cccs1)C(=O)c1sc2ccccc2c1N. The molecule has 0 aliphatic carbocycles. The van der Waals surface area contributed by atoms with Crippen LogP contribution in [0.25, 0.3) is 10.1 Å². The number of amides is 1. The maximum atomic E-state index is 12.5. The molecule has 2 aromatic heterocycles. The molecule has 102 valence electrons. The second-order valence-corrected chi connectivity index (χ2v) is 6.67. The molecule has 3 nitrogen and oxygen atoms in total. The number of hydrogen-bond acceptors (Lipinski definition) is 4. The molecule has 0 radical (unpaired) electrons. The largest absolute Gasteiger partial charge is 0.397 e. The minimum Gasteiger partial charge on any atom is -0.397 e. The minimum atomic E-state index is -0.0166. The van der Waals surface area contributed by atoms with E-state index in [0.717, 1.165) is 10.1 Å². The number of nitrogen functional groups attached to an aromatic ring is 1. The van der Waals surface area contributed by atoms with Gasteiger partial charge in [-0.15, -0.1) is 22.7 Å². The van der Waals surface area contributed by atoms with Crippen LogP contribution in [0.3, 0.4) is 0 Å². The van der Waals surface area contributed by atoms with Crippen LogP contribution in [0.15, 0.2) is 41.8 Å². The molecule has 1 aromatic carbocycles. The van der Waals surface area contributed by atoms with Crippen molar-refractivity contribution in [1.82, 2.24) is 4.90 Å². The Kier molecular flexibility index (Phi) is 3.46. The van der Waals surface area contributed by atoms with E-state index in [-0.39, 0.29) is 5.91 Å². The maximum absolute atomic E-state index is 12.5. The van der Waals surface area contributed by atoms with Gasteiger partial charge in [-0.1, -0.05) is 24.3 Å². The number of nitrogens with zero attached hydrogens (tertiary/aromatic N) is 1. The lowest BCUT2D eigenvalue weighted by Crippen LogP contribution is -2.25. The normalized spacial score (nSPS) is 10.8. The Bertz CT molecular complexity index is 746. The van der Waals surface area contributed by atoms with Crippen molar-refractivity contribution in [3.05, 3.63) is 51.5 Å². The summed E-state index contributed by atoms with van der Waals surface area (Å²) >= 11 is 3.11. The first-order chi connectivity index (χ1) is 9.66. The number of anilines is 1. The molecule has 0 spiro atoms. The van der Waals surface area contributed by atoms with Gasteiger partial charge in [-0.2, -0.15) is 0 Å². The lowest BCUT2D eigenvalue weighted by atomic mass is 10.2. The third-order valence-electron chi connectivity index (χ3n) is 3.15. The summed E-state index contributed by atoms with van der Waals surface area (Å²) in [5, 5.41) is 2.98. The molecule has 3 aromatic rings. The molecule has 3 rings (SSSR count). The van der Waals surface area contributed by atoms with Gasteiger partial charge >= 0.3 is 0 Å². The molecule has 0 unspecified atom stereocenters. The van der Waals surface area contributed by atoms with Gasteiger partial charge in [0.15, 0.2) is 0 Å². The number of benzene rings is 1. The molecule has 0 atom stereocenters. The second-order valence-electron chi connectivity index (χ2n) is 4.58. The molecule has 1 amide bonds. The van der Waals surface area contributed by atoms with E-state index in [0.29, 0.717) is 17.1 Å². The number of fused-ring (bicyclic) bond motifs is 1. The third kappa shape index (κ3) is 2.30. The number of hydrogen-bond donors (Lipinski definition) is 1. The van der Waals surface area contributed by atoms with Crippen LogP contribution >= 0.6 is 22.7 Å². The zero-order valence-electron chi connectivity index (χ0n) is 11.0. The van der Waals surface area contributed by atoms with E-state index in [4.69, 9.17) is 5.73 Å². The number of carbonyl (C=O) groups excluding carboxylic acids is 1. The van der Waals surface area contributed by atoms with E-state index in [1.54, 1.807) is 16.2 Å². The smallest absolute Gasteiger partial charge is 0.266 e. The number of thiophene rings is 2. The molecular formula is C15H14N2OS2. The zero-order valence-corrected chi connectivity index (χ0v) is 12.6. The van der Waals surface area contributed by atoms with Crippen LogP contribution in [0.4, 0.5) is 5.69 Å². The molecule has 0 aliphatic heterocycles. The van der Waals surface area contributed by atoms with E-state index in [2.05, 4.69) is 0 Å². The van der Waals surface area contributed by atoms with Gasteiger partial charge < -0.3 is 10.6 Å². The topological polar surface area (TPSA) is 46.3 Å². The molecule has 2 heterocycles. The van der Waals surface area contributed by atoms with E-state index >= 15 is 0 Å². The number of nitrogens with two attached hydrogens (primary N) is 1. The fraction of sp³-hybridized carbons (Fsp3) is 0.133. The molecular weight excluding hydrogens is 288 g/mol. The monoisotopic (exact) mass is 302 g/mol. The van der Waals surface area contributed by atoms with Crippen LogP contribution in [0.5, 0.6) is 0 Å². The molecule has 2 N–H and O–H groups in total. The van der Waals surface area contributed by atoms with E-state index in [1.807, 2.05) is 48.8 Å². The standard InChI is InChI=1S/C15H14N2OS2/c1-17(9-10-5-4-8-19-10)15(18)14-13(16)11-6-2-3-7-12(11)20-14/h2-8H,9,16H2,1H3. The highest BCUT2D eigenvalue weighted by atomic mass is 32.1. The summed E-state index contributed by atoms with van der Waals surface area (Å²) in [4.78, 5) is 16.0. The van der Waals surface area contributed by atoms with Gasteiger partial charge in [-0.25, -0.2) is 0 Å². The quantitative estimate of drug-likeness (QED) is 0.799. The van der Waals surface area contributed by atoms with Crippen LogP contribution in [0.1, 0.15) is 14.5 Å². The average molecular weight is 302 g/mol. The lowest BCUT2D eigenvalue weighted by Gasteiger charge is -2.15. The van der Waals surface area contributed by atoms with Crippen LogP contribution in [-0.4, -0.2) is 17.9 Å². The van der Waals surface area contributed by atoms with E-state index < -0.39 is 0 Å². The highest BCUT2D eigenvalue weighted by Crippen LogP contribution is 2.34.